The molecule has 2 aromatic carbocycles. The van der Waals surface area contributed by atoms with Crippen LogP contribution in [0.3, 0.4) is 0 Å². The van der Waals surface area contributed by atoms with Crippen LogP contribution < -0.4 is 38.6 Å². The molecule has 31 heavy (non-hydrogen) atoms. The van der Waals surface area contributed by atoms with Crippen molar-refractivity contribution in [3.8, 4) is 51.6 Å². The Morgan fingerprint density at radius 3 is 1.52 bits per heavy atom. The van der Waals surface area contributed by atoms with E-state index in [1.807, 2.05) is 0 Å². The predicted molar refractivity (Wildman–Crippen MR) is 114 cm³/mol. The maximum atomic E-state index is 13.4. The van der Waals surface area contributed by atoms with Crippen LogP contribution in [0.2, 0.25) is 0 Å². The second-order valence-corrected chi connectivity index (χ2v) is 6.23. The molecule has 0 radical (unpaired) electrons. The summed E-state index contributed by atoms with van der Waals surface area (Å²) < 4.78 is 44.0. The topological polar surface area (TPSA) is 94.8 Å². The molecule has 0 amide bonds. The standard InChI is InChI=1S/C22H24O9/c1-24-12-10-15(27-4)20(29-6)21-16(12)17(23)22(30-7)18(31-21)11-8-13(25-2)19(28-5)14(9-11)26-3/h8-10H,1-7H3. The molecule has 166 valence electrons. The van der Waals surface area contributed by atoms with E-state index in [-0.39, 0.29) is 34.0 Å². The van der Waals surface area contributed by atoms with E-state index in [0.717, 1.165) is 0 Å². The summed E-state index contributed by atoms with van der Waals surface area (Å²) in [6.45, 7) is 0. The van der Waals surface area contributed by atoms with Crippen LogP contribution in [0.25, 0.3) is 22.3 Å². The SMILES string of the molecule is COc1cc(-c2oc3c(OC)c(OC)cc(OC)c3c(=O)c2OC)cc(OC)c1OC. The van der Waals surface area contributed by atoms with E-state index in [1.54, 1.807) is 18.2 Å². The van der Waals surface area contributed by atoms with Gasteiger partial charge in [-0.2, -0.15) is 0 Å². The van der Waals surface area contributed by atoms with Crippen molar-refractivity contribution in [3.05, 3.63) is 28.4 Å². The van der Waals surface area contributed by atoms with Gasteiger partial charge in [0.2, 0.25) is 22.7 Å². The van der Waals surface area contributed by atoms with E-state index in [0.29, 0.717) is 28.6 Å². The third-order valence-corrected chi connectivity index (χ3v) is 4.78. The molecule has 0 aliphatic carbocycles. The maximum absolute atomic E-state index is 13.4. The molecule has 1 heterocycles. The summed E-state index contributed by atoms with van der Waals surface area (Å²) in [4.78, 5) is 13.4. The number of hydrogen-bond donors (Lipinski definition) is 0. The molecule has 0 aliphatic rings. The monoisotopic (exact) mass is 432 g/mol. The predicted octanol–water partition coefficient (Wildman–Crippen LogP) is 3.52. The number of hydrogen-bond acceptors (Lipinski definition) is 9. The quantitative estimate of drug-likeness (QED) is 0.530. The Morgan fingerprint density at radius 1 is 0.581 bits per heavy atom. The van der Waals surface area contributed by atoms with E-state index in [9.17, 15) is 4.79 Å². The van der Waals surface area contributed by atoms with Gasteiger partial charge in [0.05, 0.1) is 49.8 Å². The van der Waals surface area contributed by atoms with Crippen LogP contribution >= 0.6 is 0 Å². The minimum absolute atomic E-state index is 0.0210. The Labute approximate surface area is 178 Å². The Kier molecular flexibility index (Phi) is 6.33. The zero-order valence-corrected chi connectivity index (χ0v) is 18.4. The van der Waals surface area contributed by atoms with Gasteiger partial charge in [0.15, 0.2) is 28.6 Å². The number of rotatable bonds is 8. The van der Waals surface area contributed by atoms with Gasteiger partial charge in [-0.3, -0.25) is 4.79 Å². The number of ether oxygens (including phenoxy) is 7. The minimum atomic E-state index is -0.440. The summed E-state index contributed by atoms with van der Waals surface area (Å²) in [7, 11) is 10.2. The molecule has 0 saturated carbocycles. The average molecular weight is 432 g/mol. The fraction of sp³-hybridized carbons (Fsp3) is 0.318. The number of methoxy groups -OCH3 is 7. The molecule has 0 N–H and O–H groups in total. The van der Waals surface area contributed by atoms with Gasteiger partial charge in [0.25, 0.3) is 0 Å². The highest BCUT2D eigenvalue weighted by Crippen LogP contribution is 2.46. The van der Waals surface area contributed by atoms with Crippen molar-refractivity contribution in [2.45, 2.75) is 0 Å². The van der Waals surface area contributed by atoms with E-state index in [1.165, 1.54) is 49.8 Å². The normalized spacial score (nSPS) is 10.5. The Bertz CT molecular complexity index is 1140. The highest BCUT2D eigenvalue weighted by molar-refractivity contribution is 5.93. The van der Waals surface area contributed by atoms with Gasteiger partial charge in [0.1, 0.15) is 11.1 Å². The summed E-state index contributed by atoms with van der Waals surface area (Å²) in [5, 5.41) is 0.160. The molecule has 9 nitrogen and oxygen atoms in total. The number of benzene rings is 2. The first-order valence-electron chi connectivity index (χ1n) is 9.13. The summed E-state index contributed by atoms with van der Waals surface area (Å²) in [5.74, 6) is 2.14. The summed E-state index contributed by atoms with van der Waals surface area (Å²) in [5.41, 5.74) is 0.174. The van der Waals surface area contributed by atoms with Crippen LogP contribution in [-0.4, -0.2) is 49.8 Å². The fourth-order valence-electron chi connectivity index (χ4n) is 3.37. The third kappa shape index (κ3) is 3.52. The summed E-state index contributed by atoms with van der Waals surface area (Å²) in [6.07, 6.45) is 0. The first-order chi connectivity index (χ1) is 15.0. The lowest BCUT2D eigenvalue weighted by Gasteiger charge is -2.17. The molecule has 0 fully saturated rings. The van der Waals surface area contributed by atoms with Gasteiger partial charge in [-0.05, 0) is 12.1 Å². The molecule has 0 bridgehead atoms. The van der Waals surface area contributed by atoms with E-state index >= 15 is 0 Å². The first-order valence-corrected chi connectivity index (χ1v) is 9.13. The lowest BCUT2D eigenvalue weighted by atomic mass is 10.1. The van der Waals surface area contributed by atoms with Crippen molar-refractivity contribution in [1.82, 2.24) is 0 Å². The van der Waals surface area contributed by atoms with Gasteiger partial charge in [-0.25, -0.2) is 0 Å². The fourth-order valence-corrected chi connectivity index (χ4v) is 3.37. The molecule has 0 unspecified atom stereocenters. The summed E-state index contributed by atoms with van der Waals surface area (Å²) in [6, 6.07) is 4.85. The molecule has 0 spiro atoms. The van der Waals surface area contributed by atoms with Crippen molar-refractivity contribution >= 4 is 11.0 Å². The van der Waals surface area contributed by atoms with Gasteiger partial charge in [-0.1, -0.05) is 0 Å². The molecular weight excluding hydrogens is 408 g/mol. The molecule has 0 saturated heterocycles. The number of fused-ring (bicyclic) bond motifs is 1. The van der Waals surface area contributed by atoms with Crippen LogP contribution in [0.5, 0.6) is 40.2 Å². The van der Waals surface area contributed by atoms with Crippen molar-refractivity contribution in [2.75, 3.05) is 49.8 Å². The Hall–Kier alpha value is -3.75. The first kappa shape index (κ1) is 21.9. The minimum Gasteiger partial charge on any atom is -0.496 e. The Balaban J connectivity index is 2.48. The molecule has 0 aliphatic heterocycles. The molecule has 9 heteroatoms. The van der Waals surface area contributed by atoms with Crippen LogP contribution in [0.1, 0.15) is 0 Å². The molecule has 3 aromatic rings. The average Bonchev–Trinajstić information content (AvgIpc) is 2.81. The lowest BCUT2D eigenvalue weighted by Crippen LogP contribution is -2.10. The lowest BCUT2D eigenvalue weighted by molar-refractivity contribution is 0.324. The molecular formula is C22H24O9. The van der Waals surface area contributed by atoms with Gasteiger partial charge < -0.3 is 37.6 Å². The second kappa shape index (κ2) is 8.95. The Morgan fingerprint density at radius 2 is 1.06 bits per heavy atom. The largest absolute Gasteiger partial charge is 0.496 e. The molecule has 1 aromatic heterocycles. The van der Waals surface area contributed by atoms with Gasteiger partial charge in [0, 0.05) is 11.6 Å². The highest BCUT2D eigenvalue weighted by Gasteiger charge is 2.26. The zero-order chi connectivity index (χ0) is 22.7. The van der Waals surface area contributed by atoms with Crippen molar-refractivity contribution in [2.24, 2.45) is 0 Å². The van der Waals surface area contributed by atoms with Crippen LogP contribution in [0.15, 0.2) is 27.4 Å². The van der Waals surface area contributed by atoms with E-state index in [2.05, 4.69) is 0 Å². The third-order valence-electron chi connectivity index (χ3n) is 4.78. The molecule has 3 rings (SSSR count). The van der Waals surface area contributed by atoms with Gasteiger partial charge >= 0.3 is 0 Å². The van der Waals surface area contributed by atoms with Crippen LogP contribution in [0, 0.1) is 0 Å². The van der Waals surface area contributed by atoms with Crippen LogP contribution in [0.4, 0.5) is 0 Å². The smallest absolute Gasteiger partial charge is 0.239 e. The highest BCUT2D eigenvalue weighted by atomic mass is 16.5. The second-order valence-electron chi connectivity index (χ2n) is 6.23. The zero-order valence-electron chi connectivity index (χ0n) is 18.4. The van der Waals surface area contributed by atoms with Crippen molar-refractivity contribution in [1.29, 1.82) is 0 Å². The molecule has 0 atom stereocenters. The van der Waals surface area contributed by atoms with Crippen molar-refractivity contribution < 1.29 is 37.6 Å². The summed E-state index contributed by atoms with van der Waals surface area (Å²) >= 11 is 0. The van der Waals surface area contributed by atoms with E-state index < -0.39 is 5.43 Å². The van der Waals surface area contributed by atoms with Crippen LogP contribution in [-0.2, 0) is 0 Å². The maximum Gasteiger partial charge on any atom is 0.239 e. The van der Waals surface area contributed by atoms with E-state index in [4.69, 9.17) is 37.6 Å². The van der Waals surface area contributed by atoms with Gasteiger partial charge in [-0.15, -0.1) is 0 Å². The van der Waals surface area contributed by atoms with Crippen molar-refractivity contribution in [3.63, 3.8) is 0 Å².